The Labute approximate surface area is 114 Å². The summed E-state index contributed by atoms with van der Waals surface area (Å²) in [5, 5.41) is 0. The summed E-state index contributed by atoms with van der Waals surface area (Å²) in [6.07, 6.45) is 6.25. The third-order valence-corrected chi connectivity index (χ3v) is 4.62. The van der Waals surface area contributed by atoms with Gasteiger partial charge in [0.1, 0.15) is 0 Å². The molecule has 1 aliphatic carbocycles. The van der Waals surface area contributed by atoms with Gasteiger partial charge in [0.2, 0.25) is 0 Å². The maximum absolute atomic E-state index is 12.7. The van der Waals surface area contributed by atoms with E-state index in [1.807, 2.05) is 25.1 Å². The number of likely N-dealkylation sites (tertiary alicyclic amines) is 1. The minimum Gasteiger partial charge on any atom is -0.399 e. The fourth-order valence-corrected chi connectivity index (χ4v) is 3.76. The summed E-state index contributed by atoms with van der Waals surface area (Å²) in [5.41, 5.74) is 8.35. The van der Waals surface area contributed by atoms with Gasteiger partial charge in [-0.2, -0.15) is 0 Å². The topological polar surface area (TPSA) is 46.3 Å². The molecule has 1 aliphatic heterocycles. The van der Waals surface area contributed by atoms with Crippen LogP contribution in [-0.4, -0.2) is 23.4 Å². The first-order valence-corrected chi connectivity index (χ1v) is 7.33. The lowest BCUT2D eigenvalue weighted by Gasteiger charge is -2.31. The van der Waals surface area contributed by atoms with Gasteiger partial charge in [0.05, 0.1) is 0 Å². The quantitative estimate of drug-likeness (QED) is 0.787. The highest BCUT2D eigenvalue weighted by Gasteiger charge is 2.38. The molecular formula is C16H22N2O. The lowest BCUT2D eigenvalue weighted by atomic mass is 9.85. The number of fused-ring (bicyclic) bond motifs is 1. The number of hydrogen-bond acceptors (Lipinski definition) is 2. The van der Waals surface area contributed by atoms with E-state index in [0.717, 1.165) is 23.6 Å². The molecule has 3 rings (SSSR count). The number of rotatable bonds is 1. The van der Waals surface area contributed by atoms with Crippen molar-refractivity contribution in [3.8, 4) is 0 Å². The largest absolute Gasteiger partial charge is 0.399 e. The zero-order valence-electron chi connectivity index (χ0n) is 11.6. The van der Waals surface area contributed by atoms with Crippen LogP contribution in [0.15, 0.2) is 18.2 Å². The second-order valence-electron chi connectivity index (χ2n) is 6.03. The highest BCUT2D eigenvalue weighted by atomic mass is 16.2. The van der Waals surface area contributed by atoms with Crippen LogP contribution in [0.3, 0.4) is 0 Å². The third kappa shape index (κ3) is 2.34. The van der Waals surface area contributed by atoms with Crippen LogP contribution in [0.5, 0.6) is 0 Å². The van der Waals surface area contributed by atoms with E-state index in [0.29, 0.717) is 11.7 Å². The average Bonchev–Trinajstić information content (AvgIpc) is 2.80. The monoisotopic (exact) mass is 258 g/mol. The van der Waals surface area contributed by atoms with E-state index in [-0.39, 0.29) is 5.91 Å². The molecule has 0 radical (unpaired) electrons. The van der Waals surface area contributed by atoms with Crippen LogP contribution in [0.4, 0.5) is 5.69 Å². The van der Waals surface area contributed by atoms with Crippen LogP contribution < -0.4 is 5.73 Å². The van der Waals surface area contributed by atoms with E-state index in [2.05, 4.69) is 4.90 Å². The second-order valence-corrected chi connectivity index (χ2v) is 6.03. The Morgan fingerprint density at radius 2 is 2.00 bits per heavy atom. The van der Waals surface area contributed by atoms with Crippen molar-refractivity contribution >= 4 is 11.6 Å². The maximum atomic E-state index is 12.7. The van der Waals surface area contributed by atoms with Gasteiger partial charge in [0, 0.05) is 23.8 Å². The fourth-order valence-electron chi connectivity index (χ4n) is 3.76. The standard InChI is InChI=1S/C16H22N2O/c1-11-8-13(10-14(17)9-11)16(19)18-7-6-12-4-2-3-5-15(12)18/h8-10,12,15H,2-7,17H2,1H3. The van der Waals surface area contributed by atoms with Crippen molar-refractivity contribution < 1.29 is 4.79 Å². The molecule has 102 valence electrons. The van der Waals surface area contributed by atoms with E-state index in [1.54, 1.807) is 0 Å². The summed E-state index contributed by atoms with van der Waals surface area (Å²) in [5.74, 6) is 0.907. The summed E-state index contributed by atoms with van der Waals surface area (Å²) in [7, 11) is 0. The molecule has 1 amide bonds. The molecule has 2 fully saturated rings. The van der Waals surface area contributed by atoms with Gasteiger partial charge in [-0.3, -0.25) is 4.79 Å². The number of hydrogen-bond donors (Lipinski definition) is 1. The van der Waals surface area contributed by atoms with Gasteiger partial charge in [-0.05, 0) is 55.9 Å². The van der Waals surface area contributed by atoms with Crippen molar-refractivity contribution in [2.45, 2.75) is 45.1 Å². The molecule has 0 aromatic heterocycles. The maximum Gasteiger partial charge on any atom is 0.254 e. The average molecular weight is 258 g/mol. The Balaban J connectivity index is 1.83. The first-order valence-electron chi connectivity index (χ1n) is 7.33. The van der Waals surface area contributed by atoms with Crippen LogP contribution in [0.1, 0.15) is 48.0 Å². The number of carbonyl (C=O) groups excluding carboxylic acids is 1. The van der Waals surface area contributed by atoms with Crippen molar-refractivity contribution in [1.29, 1.82) is 0 Å². The summed E-state index contributed by atoms with van der Waals surface area (Å²) >= 11 is 0. The molecule has 19 heavy (non-hydrogen) atoms. The summed E-state index contributed by atoms with van der Waals surface area (Å²) < 4.78 is 0. The van der Waals surface area contributed by atoms with Crippen LogP contribution in [0, 0.1) is 12.8 Å². The van der Waals surface area contributed by atoms with Crippen molar-refractivity contribution in [1.82, 2.24) is 4.90 Å². The highest BCUT2D eigenvalue weighted by Crippen LogP contribution is 2.36. The molecule has 1 saturated heterocycles. The van der Waals surface area contributed by atoms with Gasteiger partial charge in [0.25, 0.3) is 5.91 Å². The second kappa shape index (κ2) is 4.87. The Hall–Kier alpha value is -1.51. The van der Waals surface area contributed by atoms with Gasteiger partial charge < -0.3 is 10.6 Å². The molecule has 1 heterocycles. The molecule has 3 nitrogen and oxygen atoms in total. The molecule has 0 bridgehead atoms. The van der Waals surface area contributed by atoms with Crippen molar-refractivity contribution in [3.63, 3.8) is 0 Å². The van der Waals surface area contributed by atoms with Crippen molar-refractivity contribution in [2.24, 2.45) is 5.92 Å². The first-order chi connectivity index (χ1) is 9.15. The molecule has 2 aliphatic rings. The third-order valence-electron chi connectivity index (χ3n) is 4.62. The van der Waals surface area contributed by atoms with Gasteiger partial charge in [-0.15, -0.1) is 0 Å². The summed E-state index contributed by atoms with van der Waals surface area (Å²) in [6, 6.07) is 6.15. The van der Waals surface area contributed by atoms with E-state index in [9.17, 15) is 4.79 Å². The van der Waals surface area contributed by atoms with E-state index >= 15 is 0 Å². The Bertz CT molecular complexity index is 477. The summed E-state index contributed by atoms with van der Waals surface area (Å²) in [4.78, 5) is 14.8. The Kier molecular flexibility index (Phi) is 3.21. The van der Waals surface area contributed by atoms with Crippen molar-refractivity contribution in [3.05, 3.63) is 29.3 Å². The first kappa shape index (κ1) is 12.5. The van der Waals surface area contributed by atoms with E-state index < -0.39 is 0 Å². The number of carbonyl (C=O) groups is 1. The molecule has 1 saturated carbocycles. The number of nitrogens with two attached hydrogens (primary N) is 1. The zero-order valence-corrected chi connectivity index (χ0v) is 11.6. The van der Waals surface area contributed by atoms with E-state index in [1.165, 1.54) is 32.1 Å². The number of aryl methyl sites for hydroxylation is 1. The smallest absolute Gasteiger partial charge is 0.254 e. The lowest BCUT2D eigenvalue weighted by molar-refractivity contribution is 0.0690. The molecule has 1 aromatic carbocycles. The zero-order chi connectivity index (χ0) is 13.4. The number of anilines is 1. The van der Waals surface area contributed by atoms with Gasteiger partial charge in [-0.1, -0.05) is 12.8 Å². The normalized spacial score (nSPS) is 26.3. The van der Waals surface area contributed by atoms with Crippen LogP contribution in [0.2, 0.25) is 0 Å². The molecular weight excluding hydrogens is 236 g/mol. The van der Waals surface area contributed by atoms with Gasteiger partial charge in [0.15, 0.2) is 0 Å². The van der Waals surface area contributed by atoms with Gasteiger partial charge in [-0.25, -0.2) is 0 Å². The molecule has 0 spiro atoms. The number of amides is 1. The highest BCUT2D eigenvalue weighted by molar-refractivity contribution is 5.95. The fraction of sp³-hybridized carbons (Fsp3) is 0.562. The minimum absolute atomic E-state index is 0.171. The molecule has 3 heteroatoms. The summed E-state index contributed by atoms with van der Waals surface area (Å²) in [6.45, 7) is 2.91. The van der Waals surface area contributed by atoms with Gasteiger partial charge >= 0.3 is 0 Å². The molecule has 2 atom stereocenters. The lowest BCUT2D eigenvalue weighted by Crippen LogP contribution is -2.39. The van der Waals surface area contributed by atoms with E-state index in [4.69, 9.17) is 5.73 Å². The molecule has 2 N–H and O–H groups in total. The molecule has 2 unspecified atom stereocenters. The van der Waals surface area contributed by atoms with Crippen molar-refractivity contribution in [2.75, 3.05) is 12.3 Å². The van der Waals surface area contributed by atoms with Crippen LogP contribution in [0.25, 0.3) is 0 Å². The Morgan fingerprint density at radius 3 is 2.79 bits per heavy atom. The number of nitrogens with zero attached hydrogens (tertiary/aromatic N) is 1. The predicted molar refractivity (Wildman–Crippen MR) is 77.0 cm³/mol. The number of nitrogen functional groups attached to an aromatic ring is 1. The van der Waals surface area contributed by atoms with Crippen LogP contribution >= 0.6 is 0 Å². The Morgan fingerprint density at radius 1 is 1.21 bits per heavy atom. The SMILES string of the molecule is Cc1cc(N)cc(C(=O)N2CCC3CCCCC32)c1. The minimum atomic E-state index is 0.171. The predicted octanol–water partition coefficient (Wildman–Crippen LogP) is 2.98. The van der Waals surface area contributed by atoms with Crippen LogP contribution in [-0.2, 0) is 0 Å². The molecule has 1 aromatic rings. The number of benzene rings is 1.